The summed E-state index contributed by atoms with van der Waals surface area (Å²) in [6.07, 6.45) is 2.70. The Bertz CT molecular complexity index is 421. The van der Waals surface area contributed by atoms with Crippen LogP contribution in [0.25, 0.3) is 0 Å². The van der Waals surface area contributed by atoms with Gasteiger partial charge in [0.15, 0.2) is 0 Å². The van der Waals surface area contributed by atoms with E-state index < -0.39 is 6.10 Å². The molecule has 0 aromatic heterocycles. The van der Waals surface area contributed by atoms with Gasteiger partial charge in [-0.2, -0.15) is 0 Å². The topological polar surface area (TPSA) is 49.8 Å². The molecular formula is C16H23NO3. The zero-order chi connectivity index (χ0) is 14.4. The number of amides is 1. The van der Waals surface area contributed by atoms with Gasteiger partial charge in [0.2, 0.25) is 0 Å². The van der Waals surface area contributed by atoms with E-state index in [1.807, 2.05) is 37.3 Å². The monoisotopic (exact) mass is 277 g/mol. The summed E-state index contributed by atoms with van der Waals surface area (Å²) in [4.78, 5) is 13.8. The molecule has 110 valence electrons. The molecule has 2 atom stereocenters. The van der Waals surface area contributed by atoms with Crippen LogP contribution >= 0.6 is 0 Å². The fraction of sp³-hybridized carbons (Fsp3) is 0.562. The van der Waals surface area contributed by atoms with E-state index >= 15 is 0 Å². The number of hydrogen-bond donors (Lipinski definition) is 1. The summed E-state index contributed by atoms with van der Waals surface area (Å²) in [5.41, 5.74) is 0.978. The van der Waals surface area contributed by atoms with Crippen molar-refractivity contribution in [1.29, 1.82) is 0 Å². The van der Waals surface area contributed by atoms with Gasteiger partial charge in [0.05, 0.1) is 12.1 Å². The van der Waals surface area contributed by atoms with E-state index in [1.54, 1.807) is 4.90 Å². The van der Waals surface area contributed by atoms with Crippen LogP contribution in [-0.2, 0) is 11.3 Å². The highest BCUT2D eigenvalue weighted by Crippen LogP contribution is 2.23. The van der Waals surface area contributed by atoms with Crippen molar-refractivity contribution < 1.29 is 14.6 Å². The van der Waals surface area contributed by atoms with E-state index in [2.05, 4.69) is 0 Å². The summed E-state index contributed by atoms with van der Waals surface area (Å²) in [6.45, 7) is 3.00. The predicted octanol–water partition coefficient (Wildman–Crippen LogP) is 2.95. The minimum atomic E-state index is -0.438. The van der Waals surface area contributed by atoms with E-state index in [-0.39, 0.29) is 18.7 Å². The lowest BCUT2D eigenvalue weighted by Gasteiger charge is -2.27. The second-order valence-corrected chi connectivity index (χ2v) is 5.30. The molecule has 20 heavy (non-hydrogen) atoms. The van der Waals surface area contributed by atoms with Gasteiger partial charge in [0.25, 0.3) is 0 Å². The quantitative estimate of drug-likeness (QED) is 0.900. The molecular weight excluding hydrogens is 254 g/mol. The third kappa shape index (κ3) is 3.73. The Balaban J connectivity index is 1.88. The van der Waals surface area contributed by atoms with Crippen LogP contribution in [0.3, 0.4) is 0 Å². The Morgan fingerprint density at radius 2 is 2.20 bits per heavy atom. The summed E-state index contributed by atoms with van der Waals surface area (Å²) in [7, 11) is 0. The Morgan fingerprint density at radius 3 is 2.90 bits per heavy atom. The van der Waals surface area contributed by atoms with Crippen molar-refractivity contribution in [3.63, 3.8) is 0 Å². The molecule has 1 amide bonds. The van der Waals surface area contributed by atoms with Crippen LogP contribution in [0.2, 0.25) is 0 Å². The second kappa shape index (κ2) is 7.29. The maximum Gasteiger partial charge on any atom is 0.410 e. The van der Waals surface area contributed by atoms with Gasteiger partial charge in [0.1, 0.15) is 6.61 Å². The third-order valence-electron chi connectivity index (χ3n) is 3.77. The summed E-state index contributed by atoms with van der Waals surface area (Å²) < 4.78 is 5.35. The average molecular weight is 277 g/mol. The van der Waals surface area contributed by atoms with Crippen LogP contribution in [0.1, 0.15) is 38.2 Å². The van der Waals surface area contributed by atoms with Crippen LogP contribution in [0.4, 0.5) is 4.79 Å². The zero-order valence-corrected chi connectivity index (χ0v) is 12.0. The summed E-state index contributed by atoms with van der Waals surface area (Å²) in [6, 6.07) is 9.56. The minimum Gasteiger partial charge on any atom is -0.445 e. The molecule has 1 aliphatic rings. The van der Waals surface area contributed by atoms with Gasteiger partial charge in [-0.15, -0.1) is 0 Å². The Kier molecular flexibility index (Phi) is 5.41. The highest BCUT2D eigenvalue weighted by Gasteiger charge is 2.34. The number of rotatable bonds is 5. The van der Waals surface area contributed by atoms with Gasteiger partial charge >= 0.3 is 6.09 Å². The fourth-order valence-corrected chi connectivity index (χ4v) is 2.71. The number of likely N-dealkylation sites (tertiary alicyclic amines) is 1. The molecule has 1 saturated heterocycles. The Morgan fingerprint density at radius 1 is 1.45 bits per heavy atom. The molecule has 0 aliphatic carbocycles. The van der Waals surface area contributed by atoms with Gasteiger partial charge in [-0.05, 0) is 24.8 Å². The number of aliphatic hydroxyl groups excluding tert-OH is 1. The summed E-state index contributed by atoms with van der Waals surface area (Å²) in [5, 5.41) is 10.1. The molecule has 0 spiro atoms. The Labute approximate surface area is 120 Å². The molecule has 1 N–H and O–H groups in total. The van der Waals surface area contributed by atoms with Crippen molar-refractivity contribution in [1.82, 2.24) is 4.90 Å². The largest absolute Gasteiger partial charge is 0.445 e. The maximum absolute atomic E-state index is 12.1. The smallest absolute Gasteiger partial charge is 0.410 e. The van der Waals surface area contributed by atoms with Crippen LogP contribution in [0.5, 0.6) is 0 Å². The standard InChI is InChI=1S/C16H23NO3/c1-2-7-15(18)14-10-6-11-17(14)16(19)20-12-13-8-4-3-5-9-13/h3-5,8-9,14-15,18H,2,6-7,10-12H2,1H3/t14?,15-/m0/s1. The van der Waals surface area contributed by atoms with Crippen molar-refractivity contribution in [3.05, 3.63) is 35.9 Å². The molecule has 1 aliphatic heterocycles. The zero-order valence-electron chi connectivity index (χ0n) is 12.0. The van der Waals surface area contributed by atoms with Gasteiger partial charge in [-0.3, -0.25) is 0 Å². The number of carbonyl (C=O) groups excluding carboxylic acids is 1. The predicted molar refractivity (Wildman–Crippen MR) is 77.3 cm³/mol. The molecule has 1 aromatic carbocycles. The second-order valence-electron chi connectivity index (χ2n) is 5.30. The lowest BCUT2D eigenvalue weighted by molar-refractivity contribution is 0.0444. The van der Waals surface area contributed by atoms with Crippen molar-refractivity contribution in [2.45, 2.75) is 51.4 Å². The first kappa shape index (κ1) is 14.9. The first-order valence-corrected chi connectivity index (χ1v) is 7.37. The van der Waals surface area contributed by atoms with Crippen molar-refractivity contribution in [2.75, 3.05) is 6.54 Å². The first-order chi connectivity index (χ1) is 9.72. The van der Waals surface area contributed by atoms with Crippen molar-refractivity contribution in [2.24, 2.45) is 0 Å². The van der Waals surface area contributed by atoms with E-state index in [9.17, 15) is 9.90 Å². The van der Waals surface area contributed by atoms with E-state index in [4.69, 9.17) is 4.74 Å². The molecule has 1 unspecified atom stereocenters. The van der Waals surface area contributed by atoms with Crippen LogP contribution < -0.4 is 0 Å². The van der Waals surface area contributed by atoms with Crippen LogP contribution in [-0.4, -0.2) is 34.8 Å². The van der Waals surface area contributed by atoms with Gasteiger partial charge in [0, 0.05) is 6.54 Å². The van der Waals surface area contributed by atoms with E-state index in [1.165, 1.54) is 0 Å². The van der Waals surface area contributed by atoms with Crippen molar-refractivity contribution in [3.8, 4) is 0 Å². The molecule has 1 fully saturated rings. The normalized spacial score (nSPS) is 19.9. The lowest BCUT2D eigenvalue weighted by atomic mass is 10.0. The minimum absolute atomic E-state index is 0.0850. The highest BCUT2D eigenvalue weighted by molar-refractivity contribution is 5.68. The summed E-state index contributed by atoms with van der Waals surface area (Å²) >= 11 is 0. The fourth-order valence-electron chi connectivity index (χ4n) is 2.71. The number of nitrogens with zero attached hydrogens (tertiary/aromatic N) is 1. The first-order valence-electron chi connectivity index (χ1n) is 7.37. The van der Waals surface area contributed by atoms with Gasteiger partial charge < -0.3 is 14.7 Å². The SMILES string of the molecule is CCC[C@H](O)C1CCCN1C(=O)OCc1ccccc1. The van der Waals surface area contributed by atoms with Crippen LogP contribution in [0, 0.1) is 0 Å². The van der Waals surface area contributed by atoms with Crippen molar-refractivity contribution >= 4 is 6.09 Å². The maximum atomic E-state index is 12.1. The molecule has 4 heteroatoms. The Hall–Kier alpha value is -1.55. The number of carbonyl (C=O) groups is 1. The molecule has 1 aromatic rings. The highest BCUT2D eigenvalue weighted by atomic mass is 16.6. The third-order valence-corrected chi connectivity index (χ3v) is 3.77. The summed E-state index contributed by atoms with van der Waals surface area (Å²) in [5.74, 6) is 0. The molecule has 0 radical (unpaired) electrons. The molecule has 2 rings (SSSR count). The molecule has 4 nitrogen and oxygen atoms in total. The van der Waals surface area contributed by atoms with E-state index in [0.29, 0.717) is 6.54 Å². The lowest BCUT2D eigenvalue weighted by Crippen LogP contribution is -2.42. The molecule has 0 saturated carbocycles. The number of ether oxygens (including phenoxy) is 1. The van der Waals surface area contributed by atoms with Gasteiger partial charge in [-0.25, -0.2) is 4.79 Å². The average Bonchev–Trinajstić information content (AvgIpc) is 2.96. The molecule has 1 heterocycles. The molecule has 0 bridgehead atoms. The number of aliphatic hydroxyl groups is 1. The van der Waals surface area contributed by atoms with Crippen LogP contribution in [0.15, 0.2) is 30.3 Å². The number of hydrogen-bond acceptors (Lipinski definition) is 3. The van der Waals surface area contributed by atoms with E-state index in [0.717, 1.165) is 31.2 Å². The van der Waals surface area contributed by atoms with Gasteiger partial charge in [-0.1, -0.05) is 43.7 Å². The number of benzene rings is 1.